The zero-order valence-corrected chi connectivity index (χ0v) is 14.4. The molecule has 3 aromatic carbocycles. The van der Waals surface area contributed by atoms with Crippen molar-refractivity contribution in [3.63, 3.8) is 0 Å². The molecule has 0 amide bonds. The molecule has 7 heteroatoms. The topological polar surface area (TPSA) is 97.3 Å². The Hall–Kier alpha value is -3.74. The molecule has 0 spiro atoms. The van der Waals surface area contributed by atoms with E-state index in [-0.39, 0.29) is 22.8 Å². The number of aromatic hydroxyl groups is 1. The molecule has 1 N–H and O–H groups in total. The average molecular weight is 363 g/mol. The molecule has 3 aromatic rings. The Morgan fingerprint density at radius 3 is 2.41 bits per heavy atom. The van der Waals surface area contributed by atoms with Crippen LogP contribution in [0.5, 0.6) is 11.5 Å². The van der Waals surface area contributed by atoms with Crippen molar-refractivity contribution < 1.29 is 14.8 Å². The monoisotopic (exact) mass is 363 g/mol. The number of nitro benzene ring substituents is 1. The van der Waals surface area contributed by atoms with Crippen LogP contribution in [0.3, 0.4) is 0 Å². The quantitative estimate of drug-likeness (QED) is 0.348. The Balaban J connectivity index is 1.71. The van der Waals surface area contributed by atoms with Crippen LogP contribution in [0.25, 0.3) is 0 Å². The minimum atomic E-state index is -0.522. The van der Waals surface area contributed by atoms with Gasteiger partial charge in [-0.3, -0.25) is 10.1 Å². The van der Waals surface area contributed by atoms with Gasteiger partial charge in [-0.2, -0.15) is 0 Å². The third-order valence-corrected chi connectivity index (χ3v) is 3.79. The smallest absolute Gasteiger partial charge is 0.296 e. The van der Waals surface area contributed by atoms with Gasteiger partial charge in [0.1, 0.15) is 17.2 Å². The summed E-state index contributed by atoms with van der Waals surface area (Å²) in [6.07, 6.45) is 0.614. The highest BCUT2D eigenvalue weighted by atomic mass is 16.6. The molecule has 0 fully saturated rings. The lowest BCUT2D eigenvalue weighted by atomic mass is 10.1. The van der Waals surface area contributed by atoms with Crippen LogP contribution in [-0.2, 0) is 6.42 Å². The van der Waals surface area contributed by atoms with Gasteiger partial charge in [-0.15, -0.1) is 10.2 Å². The zero-order chi connectivity index (χ0) is 19.1. The first-order chi connectivity index (χ1) is 13.1. The number of hydrogen-bond acceptors (Lipinski definition) is 6. The molecular weight excluding hydrogens is 346 g/mol. The van der Waals surface area contributed by atoms with E-state index in [0.29, 0.717) is 13.0 Å². The fourth-order valence-corrected chi connectivity index (χ4v) is 2.42. The van der Waals surface area contributed by atoms with Crippen molar-refractivity contribution in [2.24, 2.45) is 10.2 Å². The summed E-state index contributed by atoms with van der Waals surface area (Å²) in [4.78, 5) is 10.5. The van der Waals surface area contributed by atoms with Crippen LogP contribution in [0, 0.1) is 10.1 Å². The Labute approximate surface area is 155 Å². The highest BCUT2D eigenvalue weighted by Gasteiger charge is 2.12. The minimum Gasteiger partial charge on any atom is -0.506 e. The zero-order valence-electron chi connectivity index (χ0n) is 14.4. The van der Waals surface area contributed by atoms with Crippen LogP contribution in [0.1, 0.15) is 5.56 Å². The van der Waals surface area contributed by atoms with E-state index in [4.69, 9.17) is 4.74 Å². The molecule has 0 saturated heterocycles. The number of nitro groups is 1. The van der Waals surface area contributed by atoms with Gasteiger partial charge in [-0.05, 0) is 35.9 Å². The number of azo groups is 1. The predicted octanol–water partition coefficient (Wildman–Crippen LogP) is 5.34. The molecular formula is C20H17N3O4. The highest BCUT2D eigenvalue weighted by Crippen LogP contribution is 2.32. The van der Waals surface area contributed by atoms with Crippen LogP contribution < -0.4 is 4.74 Å². The number of phenolic OH excluding ortho intramolecular Hbond substituents is 1. The van der Waals surface area contributed by atoms with Crippen molar-refractivity contribution >= 4 is 17.1 Å². The summed E-state index contributed by atoms with van der Waals surface area (Å²) in [6.45, 7) is 0.468. The van der Waals surface area contributed by atoms with Gasteiger partial charge in [0.05, 0.1) is 11.5 Å². The standard InChI is InChI=1S/C20H17N3O4/c24-20-11-10-15(12-13-27-16-6-2-1-3-7-16)14-18(20)22-21-17-8-4-5-9-19(17)23(25)26/h1-11,14,24H,12-13H2. The fraction of sp³-hybridized carbons (Fsp3) is 0.100. The Kier molecular flexibility index (Phi) is 5.73. The number of nitrogens with zero attached hydrogens (tertiary/aromatic N) is 3. The van der Waals surface area contributed by atoms with Gasteiger partial charge in [0.25, 0.3) is 5.69 Å². The summed E-state index contributed by atoms with van der Waals surface area (Å²) in [6, 6.07) is 20.5. The fourth-order valence-electron chi connectivity index (χ4n) is 2.42. The van der Waals surface area contributed by atoms with Crippen molar-refractivity contribution in [2.75, 3.05) is 6.61 Å². The average Bonchev–Trinajstić information content (AvgIpc) is 2.69. The number of benzene rings is 3. The molecule has 0 saturated carbocycles. The second kappa shape index (κ2) is 8.57. The number of ether oxygens (including phenoxy) is 1. The Morgan fingerprint density at radius 1 is 0.926 bits per heavy atom. The van der Waals surface area contributed by atoms with Crippen molar-refractivity contribution in [3.8, 4) is 11.5 Å². The first kappa shape index (κ1) is 18.1. The molecule has 7 nitrogen and oxygen atoms in total. The first-order valence-electron chi connectivity index (χ1n) is 8.28. The summed E-state index contributed by atoms with van der Waals surface area (Å²) >= 11 is 0. The summed E-state index contributed by atoms with van der Waals surface area (Å²) in [7, 11) is 0. The Morgan fingerprint density at radius 2 is 1.63 bits per heavy atom. The molecule has 0 atom stereocenters. The van der Waals surface area contributed by atoms with E-state index >= 15 is 0 Å². The summed E-state index contributed by atoms with van der Waals surface area (Å²) < 4.78 is 5.66. The number of hydrogen-bond donors (Lipinski definition) is 1. The largest absolute Gasteiger partial charge is 0.506 e. The first-order valence-corrected chi connectivity index (χ1v) is 8.28. The minimum absolute atomic E-state index is 0.0509. The van der Waals surface area contributed by atoms with Crippen LogP contribution >= 0.6 is 0 Å². The Bertz CT molecular complexity index is 958. The second-order valence-corrected chi connectivity index (χ2v) is 5.68. The maximum absolute atomic E-state index is 11.0. The molecule has 0 unspecified atom stereocenters. The number of phenols is 1. The van der Waals surface area contributed by atoms with E-state index in [1.807, 2.05) is 30.3 Å². The SMILES string of the molecule is O=[N+]([O-])c1ccccc1N=Nc1cc(CCOc2ccccc2)ccc1O. The molecule has 0 bridgehead atoms. The third kappa shape index (κ3) is 4.88. The maximum atomic E-state index is 11.0. The van der Waals surface area contributed by atoms with Crippen LogP contribution in [0.15, 0.2) is 83.0 Å². The lowest BCUT2D eigenvalue weighted by molar-refractivity contribution is -0.384. The molecule has 0 heterocycles. The molecule has 0 aliphatic heterocycles. The molecule has 136 valence electrons. The summed E-state index contributed by atoms with van der Waals surface area (Å²) in [5, 5.41) is 28.9. The van der Waals surface area contributed by atoms with E-state index in [0.717, 1.165) is 11.3 Å². The van der Waals surface area contributed by atoms with Gasteiger partial charge in [0, 0.05) is 12.5 Å². The van der Waals surface area contributed by atoms with Crippen molar-refractivity contribution in [3.05, 3.63) is 88.5 Å². The molecule has 0 aromatic heterocycles. The summed E-state index contributed by atoms with van der Waals surface area (Å²) in [5.41, 5.74) is 1.12. The van der Waals surface area contributed by atoms with Gasteiger partial charge in [-0.25, -0.2) is 0 Å². The lowest BCUT2D eigenvalue weighted by Crippen LogP contribution is -2.00. The molecule has 0 aliphatic carbocycles. The van der Waals surface area contributed by atoms with Gasteiger partial charge < -0.3 is 9.84 Å². The third-order valence-electron chi connectivity index (χ3n) is 3.79. The maximum Gasteiger partial charge on any atom is 0.296 e. The van der Waals surface area contributed by atoms with Crippen LogP contribution in [-0.4, -0.2) is 16.6 Å². The van der Waals surface area contributed by atoms with Crippen molar-refractivity contribution in [1.82, 2.24) is 0 Å². The van der Waals surface area contributed by atoms with Crippen LogP contribution in [0.4, 0.5) is 17.1 Å². The van der Waals surface area contributed by atoms with Gasteiger partial charge in [-0.1, -0.05) is 36.4 Å². The molecule has 27 heavy (non-hydrogen) atoms. The highest BCUT2D eigenvalue weighted by molar-refractivity contribution is 5.58. The lowest BCUT2D eigenvalue weighted by Gasteiger charge is -2.07. The molecule has 3 rings (SSSR count). The number of rotatable bonds is 7. The normalized spacial score (nSPS) is 10.8. The van der Waals surface area contributed by atoms with E-state index in [1.54, 1.807) is 24.3 Å². The second-order valence-electron chi connectivity index (χ2n) is 5.68. The van der Waals surface area contributed by atoms with Crippen molar-refractivity contribution in [1.29, 1.82) is 0 Å². The van der Waals surface area contributed by atoms with Gasteiger partial charge in [0.15, 0.2) is 5.69 Å². The van der Waals surface area contributed by atoms with Gasteiger partial charge >= 0.3 is 0 Å². The summed E-state index contributed by atoms with van der Waals surface area (Å²) in [5.74, 6) is 0.734. The molecule has 0 aliphatic rings. The molecule has 0 radical (unpaired) electrons. The van der Waals surface area contributed by atoms with E-state index in [2.05, 4.69) is 10.2 Å². The van der Waals surface area contributed by atoms with E-state index in [1.165, 1.54) is 18.2 Å². The van der Waals surface area contributed by atoms with Crippen LogP contribution in [0.2, 0.25) is 0 Å². The van der Waals surface area contributed by atoms with E-state index < -0.39 is 4.92 Å². The van der Waals surface area contributed by atoms with E-state index in [9.17, 15) is 15.2 Å². The van der Waals surface area contributed by atoms with Gasteiger partial charge in [0.2, 0.25) is 0 Å². The van der Waals surface area contributed by atoms with Crippen molar-refractivity contribution in [2.45, 2.75) is 6.42 Å². The number of para-hydroxylation sites is 2. The predicted molar refractivity (Wildman–Crippen MR) is 101 cm³/mol.